The summed E-state index contributed by atoms with van der Waals surface area (Å²) in [7, 11) is 0. The van der Waals surface area contributed by atoms with Gasteiger partial charge in [-0.1, -0.05) is 150 Å². The molecule has 0 radical (unpaired) electrons. The van der Waals surface area contributed by atoms with Gasteiger partial charge in [0.25, 0.3) is 0 Å². The van der Waals surface area contributed by atoms with E-state index in [1.54, 1.807) is 0 Å². The van der Waals surface area contributed by atoms with Crippen LogP contribution >= 0.6 is 0 Å². The highest BCUT2D eigenvalue weighted by atomic mass is 14.3. The predicted octanol–water partition coefficient (Wildman–Crippen LogP) is 14.9. The lowest BCUT2D eigenvalue weighted by Crippen LogP contribution is -1.97. The highest BCUT2D eigenvalue weighted by molar-refractivity contribution is 6.18. The average Bonchev–Trinajstić information content (AvgIpc) is 3.43. The molecule has 3 aliphatic rings. The lowest BCUT2D eigenvalue weighted by molar-refractivity contribution is 0.656. The normalized spacial score (nSPS) is 15.9. The Kier molecular flexibility index (Phi) is 10.0. The Hall–Kier alpha value is -5.20. The summed E-state index contributed by atoms with van der Waals surface area (Å²) in [5, 5.41) is 8.11. The molecule has 254 valence electrons. The molecule has 0 nitrogen and oxygen atoms in total. The molecule has 6 aromatic rings. The Morgan fingerprint density at radius 1 is 0.667 bits per heavy atom. The number of allylic oxidation sites excluding steroid dienone is 7. The molecule has 0 saturated heterocycles. The van der Waals surface area contributed by atoms with E-state index in [1.807, 2.05) is 27.7 Å². The first kappa shape index (κ1) is 34.3. The second-order valence-corrected chi connectivity index (χ2v) is 13.5. The van der Waals surface area contributed by atoms with Gasteiger partial charge in [0.05, 0.1) is 0 Å². The minimum Gasteiger partial charge on any atom is -0.0870 e. The highest BCUT2D eigenvalue weighted by Gasteiger charge is 2.22. The molecule has 0 N–H and O–H groups in total. The third kappa shape index (κ3) is 6.12. The van der Waals surface area contributed by atoms with Gasteiger partial charge >= 0.3 is 0 Å². The topological polar surface area (TPSA) is 0 Å². The molecule has 0 bridgehead atoms. The predicted molar refractivity (Wildman–Crippen MR) is 228 cm³/mol. The Morgan fingerprint density at radius 2 is 1.41 bits per heavy atom. The van der Waals surface area contributed by atoms with E-state index < -0.39 is 0 Å². The minimum absolute atomic E-state index is 0.596. The zero-order valence-corrected chi connectivity index (χ0v) is 31.2. The molecule has 0 aromatic heterocycles. The first-order valence-electron chi connectivity index (χ1n) is 19.2. The van der Waals surface area contributed by atoms with E-state index in [0.29, 0.717) is 5.92 Å². The second kappa shape index (κ2) is 15.0. The van der Waals surface area contributed by atoms with Gasteiger partial charge in [0.15, 0.2) is 0 Å². The molecular weight excluding hydrogens is 613 g/mol. The summed E-state index contributed by atoms with van der Waals surface area (Å²) < 4.78 is 0. The maximum Gasteiger partial charge on any atom is -0.00264 e. The summed E-state index contributed by atoms with van der Waals surface area (Å²) in [5.74, 6) is 0.596. The third-order valence-corrected chi connectivity index (χ3v) is 10.6. The van der Waals surface area contributed by atoms with Crippen molar-refractivity contribution in [3.8, 4) is 11.1 Å². The first-order chi connectivity index (χ1) is 25.2. The van der Waals surface area contributed by atoms with Gasteiger partial charge in [0.2, 0.25) is 0 Å². The van der Waals surface area contributed by atoms with Crippen molar-refractivity contribution in [2.45, 2.75) is 67.2 Å². The van der Waals surface area contributed by atoms with E-state index >= 15 is 0 Å². The molecule has 3 aliphatic carbocycles. The summed E-state index contributed by atoms with van der Waals surface area (Å²) in [6, 6.07) is 34.5. The summed E-state index contributed by atoms with van der Waals surface area (Å²) in [4.78, 5) is 0. The SMILES string of the molecule is C/C=C\C(=C/C1=Cc2ccc(-c3cc4c(c5ccccc35)C=CCC4)c3cccc1c23)c1cc2c(c3ccccc13)CCC(C)C=C2.CC.CC. The lowest BCUT2D eigenvalue weighted by atomic mass is 9.85. The number of fused-ring (bicyclic) bond motifs is 6. The van der Waals surface area contributed by atoms with Crippen LogP contribution in [-0.4, -0.2) is 0 Å². The molecule has 0 amide bonds. The highest BCUT2D eigenvalue weighted by Crippen LogP contribution is 2.45. The van der Waals surface area contributed by atoms with Crippen LogP contribution in [0.15, 0.2) is 121 Å². The van der Waals surface area contributed by atoms with Crippen molar-refractivity contribution in [1.29, 1.82) is 0 Å². The lowest BCUT2D eigenvalue weighted by Gasteiger charge is -2.19. The maximum atomic E-state index is 2.47. The molecule has 0 aliphatic heterocycles. The molecular formula is C51H50. The van der Waals surface area contributed by atoms with E-state index in [9.17, 15) is 0 Å². The van der Waals surface area contributed by atoms with Crippen LogP contribution in [-0.2, 0) is 12.8 Å². The monoisotopic (exact) mass is 662 g/mol. The van der Waals surface area contributed by atoms with Gasteiger partial charge in [-0.3, -0.25) is 0 Å². The first-order valence-corrected chi connectivity index (χ1v) is 19.2. The number of benzene rings is 6. The molecule has 0 heterocycles. The van der Waals surface area contributed by atoms with Crippen molar-refractivity contribution in [2.24, 2.45) is 5.92 Å². The van der Waals surface area contributed by atoms with Gasteiger partial charge in [-0.25, -0.2) is 0 Å². The molecule has 0 fully saturated rings. The average molecular weight is 663 g/mol. The Balaban J connectivity index is 0.000000983. The molecule has 1 unspecified atom stereocenters. The third-order valence-electron chi connectivity index (χ3n) is 10.6. The van der Waals surface area contributed by atoms with Crippen molar-refractivity contribution in [3.63, 3.8) is 0 Å². The van der Waals surface area contributed by atoms with Gasteiger partial charge < -0.3 is 0 Å². The zero-order chi connectivity index (χ0) is 35.5. The fourth-order valence-electron chi connectivity index (χ4n) is 8.34. The van der Waals surface area contributed by atoms with E-state index in [0.717, 1.165) is 19.3 Å². The summed E-state index contributed by atoms with van der Waals surface area (Å²) in [6.45, 7) is 12.5. The second-order valence-electron chi connectivity index (χ2n) is 13.5. The Labute approximate surface area is 305 Å². The van der Waals surface area contributed by atoms with Gasteiger partial charge in [-0.15, -0.1) is 0 Å². The van der Waals surface area contributed by atoms with Crippen molar-refractivity contribution >= 4 is 61.7 Å². The van der Waals surface area contributed by atoms with Crippen molar-refractivity contribution < 1.29 is 0 Å². The summed E-state index contributed by atoms with van der Waals surface area (Å²) >= 11 is 0. The largest absolute Gasteiger partial charge is 0.0870 e. The number of hydrogen-bond acceptors (Lipinski definition) is 0. The van der Waals surface area contributed by atoms with Crippen LogP contribution in [0.25, 0.3) is 72.8 Å². The molecule has 9 rings (SSSR count). The number of rotatable bonds is 4. The number of hydrogen-bond donors (Lipinski definition) is 0. The molecule has 0 spiro atoms. The summed E-state index contributed by atoms with van der Waals surface area (Å²) in [6.07, 6.45) is 23.2. The Morgan fingerprint density at radius 3 is 2.22 bits per heavy atom. The van der Waals surface area contributed by atoms with Crippen LogP contribution in [0.4, 0.5) is 0 Å². The fraction of sp³-hybridized carbons (Fsp3) is 0.216. The summed E-state index contributed by atoms with van der Waals surface area (Å²) in [5.41, 5.74) is 14.8. The van der Waals surface area contributed by atoms with Crippen molar-refractivity contribution in [2.75, 3.05) is 0 Å². The Bertz CT molecular complexity index is 2420. The van der Waals surface area contributed by atoms with Crippen molar-refractivity contribution in [1.82, 2.24) is 0 Å². The standard InChI is InChI=1S/C47H38.2C2H6/c1-3-11-31(45-28-33-22-20-30(2)21-24-37(33)40-15-6-8-16-41(40)45)26-35-27-34-23-25-43(44-19-10-18-38(35)47(34)44)46-29-32-12-4-5-13-36(32)39-14-7-9-17-42(39)46;2*1-2/h3,5-11,13-20,22-23,25-30H,4,12,21,24H2,1-2H3;2*1-2H3/b11-3-,31-26+;;. The van der Waals surface area contributed by atoms with E-state index in [-0.39, 0.29) is 0 Å². The zero-order valence-electron chi connectivity index (χ0n) is 31.2. The van der Waals surface area contributed by atoms with Crippen LogP contribution < -0.4 is 0 Å². The molecule has 0 heteroatoms. The van der Waals surface area contributed by atoms with Crippen LogP contribution in [0.1, 0.15) is 93.3 Å². The van der Waals surface area contributed by atoms with Crippen molar-refractivity contribution in [3.05, 3.63) is 160 Å². The number of aryl methyl sites for hydroxylation is 2. The molecule has 1 atom stereocenters. The van der Waals surface area contributed by atoms with E-state index in [4.69, 9.17) is 0 Å². The van der Waals surface area contributed by atoms with Crippen LogP contribution in [0.5, 0.6) is 0 Å². The van der Waals surface area contributed by atoms with Gasteiger partial charge in [0, 0.05) is 0 Å². The van der Waals surface area contributed by atoms with Gasteiger partial charge in [0.1, 0.15) is 0 Å². The van der Waals surface area contributed by atoms with Crippen LogP contribution in [0.2, 0.25) is 0 Å². The molecule has 6 aromatic carbocycles. The van der Waals surface area contributed by atoms with Gasteiger partial charge in [-0.05, 0) is 156 Å². The van der Waals surface area contributed by atoms with E-state index in [2.05, 4.69) is 153 Å². The molecule has 0 saturated carbocycles. The smallest absolute Gasteiger partial charge is 0.00264 e. The minimum atomic E-state index is 0.596. The fourth-order valence-corrected chi connectivity index (χ4v) is 8.34. The van der Waals surface area contributed by atoms with Crippen LogP contribution in [0, 0.1) is 5.92 Å². The van der Waals surface area contributed by atoms with E-state index in [1.165, 1.54) is 100.0 Å². The van der Waals surface area contributed by atoms with Crippen LogP contribution in [0.3, 0.4) is 0 Å². The van der Waals surface area contributed by atoms with Gasteiger partial charge in [-0.2, -0.15) is 0 Å². The quantitative estimate of drug-likeness (QED) is 0.165. The molecule has 51 heavy (non-hydrogen) atoms. The maximum absolute atomic E-state index is 2.47.